The van der Waals surface area contributed by atoms with E-state index in [0.29, 0.717) is 82.9 Å². The van der Waals surface area contributed by atoms with Crippen LogP contribution in [0.2, 0.25) is 0 Å². The van der Waals surface area contributed by atoms with Crippen LogP contribution < -0.4 is 0 Å². The topological polar surface area (TPSA) is 80.9 Å². The first-order valence-corrected chi connectivity index (χ1v) is 16.5. The van der Waals surface area contributed by atoms with E-state index >= 15 is 0 Å². The van der Waals surface area contributed by atoms with Gasteiger partial charge < -0.3 is 20.4 Å². The van der Waals surface area contributed by atoms with Gasteiger partial charge in [-0.15, -0.1) is 0 Å². The summed E-state index contributed by atoms with van der Waals surface area (Å²) in [6, 6.07) is 0. The van der Waals surface area contributed by atoms with E-state index in [4.69, 9.17) is 0 Å². The summed E-state index contributed by atoms with van der Waals surface area (Å²) < 4.78 is 0. The summed E-state index contributed by atoms with van der Waals surface area (Å²) in [6.45, 7) is 18.7. The smallest absolute Gasteiger partial charge is 0.0568 e. The molecule has 222 valence electrons. The van der Waals surface area contributed by atoms with E-state index in [9.17, 15) is 20.4 Å². The number of hydrogen-bond donors (Lipinski definition) is 4. The molecular formula is C34H62O4. The quantitative estimate of drug-likeness (QED) is 0.329. The lowest BCUT2D eigenvalue weighted by atomic mass is 9.48. The average Bonchev–Trinajstić information content (AvgIpc) is 2.83. The predicted molar refractivity (Wildman–Crippen MR) is 155 cm³/mol. The van der Waals surface area contributed by atoms with E-state index < -0.39 is 0 Å². The van der Waals surface area contributed by atoms with Gasteiger partial charge in [-0.05, 0) is 134 Å². The summed E-state index contributed by atoms with van der Waals surface area (Å²) in [5, 5.41) is 43.4. The van der Waals surface area contributed by atoms with E-state index in [1.807, 2.05) is 0 Å². The van der Waals surface area contributed by atoms with Gasteiger partial charge in [0, 0.05) is 0 Å². The third kappa shape index (κ3) is 6.19. The molecule has 0 spiro atoms. The lowest BCUT2D eigenvalue weighted by Gasteiger charge is -2.57. The minimum absolute atomic E-state index is 0.197. The molecule has 4 fully saturated rings. The van der Waals surface area contributed by atoms with Crippen LogP contribution in [0.5, 0.6) is 0 Å². The minimum Gasteiger partial charge on any atom is -0.393 e. The molecule has 16 unspecified atom stereocenters. The van der Waals surface area contributed by atoms with E-state index in [1.54, 1.807) is 0 Å². The molecule has 4 aliphatic rings. The molecule has 4 saturated carbocycles. The first-order valence-electron chi connectivity index (χ1n) is 16.5. The maximum absolute atomic E-state index is 10.8. The zero-order chi connectivity index (χ0) is 28.0. The monoisotopic (exact) mass is 534 g/mol. The lowest BCUT2D eigenvalue weighted by molar-refractivity contribution is -0.116. The van der Waals surface area contributed by atoms with Crippen LogP contribution in [0.1, 0.15) is 107 Å². The van der Waals surface area contributed by atoms with E-state index in [-0.39, 0.29) is 24.4 Å². The van der Waals surface area contributed by atoms with E-state index in [0.717, 1.165) is 51.4 Å². The molecule has 4 N–H and O–H groups in total. The molecule has 0 aliphatic heterocycles. The van der Waals surface area contributed by atoms with Crippen molar-refractivity contribution in [2.45, 2.75) is 131 Å². The van der Waals surface area contributed by atoms with Crippen LogP contribution in [0, 0.1) is 82.9 Å². The van der Waals surface area contributed by atoms with Gasteiger partial charge >= 0.3 is 0 Å². The van der Waals surface area contributed by atoms with Gasteiger partial charge in [0.15, 0.2) is 0 Å². The van der Waals surface area contributed by atoms with Gasteiger partial charge in [0.25, 0.3) is 0 Å². The maximum Gasteiger partial charge on any atom is 0.0568 e. The molecule has 0 amide bonds. The Kier molecular flexibility index (Phi) is 10.0. The van der Waals surface area contributed by atoms with Gasteiger partial charge in [-0.25, -0.2) is 0 Å². The van der Waals surface area contributed by atoms with Crippen LogP contribution in [-0.4, -0.2) is 44.8 Å². The second-order valence-corrected chi connectivity index (χ2v) is 15.8. The molecule has 0 aromatic rings. The Morgan fingerprint density at radius 3 is 0.684 bits per heavy atom. The minimum atomic E-state index is -0.197. The van der Waals surface area contributed by atoms with Crippen molar-refractivity contribution < 1.29 is 20.4 Å². The summed E-state index contributed by atoms with van der Waals surface area (Å²) >= 11 is 0. The van der Waals surface area contributed by atoms with Crippen molar-refractivity contribution in [1.82, 2.24) is 0 Å². The van der Waals surface area contributed by atoms with Gasteiger partial charge in [0.1, 0.15) is 0 Å². The lowest BCUT2D eigenvalue weighted by Crippen LogP contribution is -2.53. The Bertz CT molecular complexity index is 635. The van der Waals surface area contributed by atoms with E-state index in [2.05, 4.69) is 55.4 Å². The predicted octanol–water partition coefficient (Wildman–Crippen LogP) is 6.39. The number of hydrogen-bond acceptors (Lipinski definition) is 4. The van der Waals surface area contributed by atoms with Gasteiger partial charge in [0.2, 0.25) is 0 Å². The maximum atomic E-state index is 10.8. The second kappa shape index (κ2) is 12.4. The highest BCUT2D eigenvalue weighted by atomic mass is 16.3. The van der Waals surface area contributed by atoms with Crippen LogP contribution in [-0.2, 0) is 0 Å². The van der Waals surface area contributed by atoms with Crippen molar-refractivity contribution in [3.05, 3.63) is 0 Å². The van der Waals surface area contributed by atoms with Crippen LogP contribution in [0.4, 0.5) is 0 Å². The van der Waals surface area contributed by atoms with Crippen LogP contribution >= 0.6 is 0 Å². The molecule has 0 radical (unpaired) electrons. The third-order valence-corrected chi connectivity index (χ3v) is 13.0. The molecule has 4 rings (SSSR count). The highest BCUT2D eigenvalue weighted by molar-refractivity contribution is 5.02. The van der Waals surface area contributed by atoms with Gasteiger partial charge in [-0.3, -0.25) is 0 Å². The average molecular weight is 535 g/mol. The molecule has 0 saturated heterocycles. The molecular weight excluding hydrogens is 472 g/mol. The largest absolute Gasteiger partial charge is 0.393 e. The molecule has 38 heavy (non-hydrogen) atoms. The van der Waals surface area contributed by atoms with Gasteiger partial charge in [-0.2, -0.15) is 0 Å². The van der Waals surface area contributed by atoms with Gasteiger partial charge in [0.05, 0.1) is 24.4 Å². The Labute approximate surface area is 234 Å². The van der Waals surface area contributed by atoms with Crippen LogP contribution in [0.25, 0.3) is 0 Å². The number of aliphatic hydroxyl groups excluding tert-OH is 4. The summed E-state index contributed by atoms with van der Waals surface area (Å²) in [5.41, 5.74) is 0. The normalized spacial score (nSPS) is 54.3. The molecule has 4 nitrogen and oxygen atoms in total. The van der Waals surface area contributed by atoms with Crippen molar-refractivity contribution in [2.75, 3.05) is 0 Å². The van der Waals surface area contributed by atoms with E-state index in [1.165, 1.54) is 0 Å². The van der Waals surface area contributed by atoms with Gasteiger partial charge in [-0.1, -0.05) is 55.4 Å². The SMILES string of the molecule is CC1CC(C(C2CC(C)C(O)CC2C)C(C2CC(C)C(O)CC2C)C2CC(C)C(O)CC2C)C(C)CC1O. The summed E-state index contributed by atoms with van der Waals surface area (Å²) in [5.74, 6) is 6.74. The Hall–Kier alpha value is -0.160. The highest BCUT2D eigenvalue weighted by Gasteiger charge is 2.53. The number of rotatable bonds is 5. The Balaban J connectivity index is 1.82. The first kappa shape index (κ1) is 30.8. The molecule has 0 aromatic heterocycles. The highest BCUT2D eigenvalue weighted by Crippen LogP contribution is 2.58. The second-order valence-electron chi connectivity index (χ2n) is 15.8. The summed E-state index contributed by atoms with van der Waals surface area (Å²) in [4.78, 5) is 0. The van der Waals surface area contributed by atoms with Crippen LogP contribution in [0.3, 0.4) is 0 Å². The van der Waals surface area contributed by atoms with Crippen molar-refractivity contribution in [2.24, 2.45) is 82.9 Å². The summed E-state index contributed by atoms with van der Waals surface area (Å²) in [6.07, 6.45) is 7.22. The van der Waals surface area contributed by atoms with Crippen molar-refractivity contribution in [1.29, 1.82) is 0 Å². The first-order chi connectivity index (χ1) is 17.8. The molecule has 0 heterocycles. The Morgan fingerprint density at radius 2 is 0.500 bits per heavy atom. The van der Waals surface area contributed by atoms with Crippen molar-refractivity contribution in [3.8, 4) is 0 Å². The fraction of sp³-hybridized carbons (Fsp3) is 1.00. The summed E-state index contributed by atoms with van der Waals surface area (Å²) in [7, 11) is 0. The van der Waals surface area contributed by atoms with Crippen LogP contribution in [0.15, 0.2) is 0 Å². The zero-order valence-electron chi connectivity index (χ0n) is 25.8. The fourth-order valence-electron chi connectivity index (χ4n) is 10.3. The Morgan fingerprint density at radius 1 is 0.316 bits per heavy atom. The van der Waals surface area contributed by atoms with Crippen molar-refractivity contribution in [3.63, 3.8) is 0 Å². The fourth-order valence-corrected chi connectivity index (χ4v) is 10.3. The van der Waals surface area contributed by atoms with Crippen molar-refractivity contribution >= 4 is 0 Å². The standard InChI is InChI=1S/C34H62O4/c1-17-13-29(35)21(5)9-25(17)33(26-10-22(6)30(36)14-18(26)2)34(27-11-23(7)31(37)15-19(27)3)28-12-24(8)32(38)16-20(28)4/h17-38H,9-16H2,1-8H3. The number of aliphatic hydroxyl groups is 4. The molecule has 4 heteroatoms. The molecule has 0 bridgehead atoms. The zero-order valence-corrected chi connectivity index (χ0v) is 25.8. The molecule has 16 atom stereocenters. The third-order valence-electron chi connectivity index (χ3n) is 13.0. The molecule has 4 aliphatic carbocycles. The molecule has 0 aromatic carbocycles.